The van der Waals surface area contributed by atoms with Gasteiger partial charge in [0, 0.05) is 18.6 Å². The molecular weight excluding hydrogens is 284 g/mol. The highest BCUT2D eigenvalue weighted by Crippen LogP contribution is 2.23. The van der Waals surface area contributed by atoms with Crippen LogP contribution in [0.15, 0.2) is 30.3 Å². The minimum atomic E-state index is -0.724. The molecule has 1 amide bonds. The van der Waals surface area contributed by atoms with E-state index in [1.807, 2.05) is 30.3 Å². The Hall–Kier alpha value is -2.08. The summed E-state index contributed by atoms with van der Waals surface area (Å²) >= 11 is 0. The lowest BCUT2D eigenvalue weighted by Gasteiger charge is -2.23. The molecule has 1 aliphatic rings. The molecule has 120 valence electrons. The van der Waals surface area contributed by atoms with E-state index in [2.05, 4.69) is 0 Å². The van der Waals surface area contributed by atoms with Crippen LogP contribution >= 0.6 is 0 Å². The van der Waals surface area contributed by atoms with Crippen LogP contribution in [-0.4, -0.2) is 42.2 Å². The zero-order valence-electron chi connectivity index (χ0n) is 12.8. The van der Waals surface area contributed by atoms with Crippen LogP contribution in [0.1, 0.15) is 25.3 Å². The quantitative estimate of drug-likeness (QED) is 0.837. The molecule has 1 fully saturated rings. The van der Waals surface area contributed by atoms with E-state index in [4.69, 9.17) is 15.2 Å². The van der Waals surface area contributed by atoms with E-state index >= 15 is 0 Å². The van der Waals surface area contributed by atoms with E-state index in [0.29, 0.717) is 26.1 Å². The lowest BCUT2D eigenvalue weighted by Crippen LogP contribution is -2.45. The first-order valence-electron chi connectivity index (χ1n) is 7.42. The third-order valence-electron chi connectivity index (χ3n) is 3.65. The highest BCUT2D eigenvalue weighted by molar-refractivity contribution is 5.72. The highest BCUT2D eigenvalue weighted by Gasteiger charge is 2.39. The number of benzene rings is 1. The lowest BCUT2D eigenvalue weighted by molar-refractivity contribution is -0.144. The van der Waals surface area contributed by atoms with Gasteiger partial charge in [0.2, 0.25) is 0 Å². The van der Waals surface area contributed by atoms with Crippen LogP contribution in [0.2, 0.25) is 0 Å². The average molecular weight is 306 g/mol. The molecule has 0 aromatic heterocycles. The number of hydrogen-bond donors (Lipinski definition) is 1. The van der Waals surface area contributed by atoms with Crippen molar-refractivity contribution in [3.63, 3.8) is 0 Å². The maximum Gasteiger partial charge on any atom is 0.410 e. The van der Waals surface area contributed by atoms with Gasteiger partial charge in [0.25, 0.3) is 0 Å². The number of likely N-dealkylation sites (tertiary alicyclic amines) is 1. The second-order valence-electron chi connectivity index (χ2n) is 5.56. The molecule has 22 heavy (non-hydrogen) atoms. The lowest BCUT2D eigenvalue weighted by atomic mass is 9.96. The molecule has 0 unspecified atom stereocenters. The standard InChI is InChI=1S/C16H22N2O4/c1-2-21-14(19)10-16(17)8-9-18(12-16)15(20)22-11-13-6-4-3-5-7-13/h3-7H,2,8-12,17H2,1H3/t16-/m0/s1. The number of hydrogen-bond acceptors (Lipinski definition) is 5. The van der Waals surface area contributed by atoms with Crippen LogP contribution in [0.4, 0.5) is 4.79 Å². The molecule has 2 rings (SSSR count). The number of ether oxygens (including phenoxy) is 2. The van der Waals surface area contributed by atoms with E-state index in [1.165, 1.54) is 0 Å². The number of amides is 1. The summed E-state index contributed by atoms with van der Waals surface area (Å²) in [5, 5.41) is 0. The summed E-state index contributed by atoms with van der Waals surface area (Å²) in [6, 6.07) is 9.48. The van der Waals surface area contributed by atoms with Crippen LogP contribution in [0.25, 0.3) is 0 Å². The molecule has 0 spiro atoms. The number of nitrogens with two attached hydrogens (primary N) is 1. The van der Waals surface area contributed by atoms with E-state index in [1.54, 1.807) is 11.8 Å². The SMILES string of the molecule is CCOC(=O)C[C@@]1(N)CCN(C(=O)OCc2ccccc2)C1. The number of carbonyl (C=O) groups is 2. The first kappa shape index (κ1) is 16.3. The van der Waals surface area contributed by atoms with Crippen LogP contribution in [-0.2, 0) is 20.9 Å². The summed E-state index contributed by atoms with van der Waals surface area (Å²) in [5.41, 5.74) is 6.38. The normalized spacial score (nSPS) is 20.7. The third kappa shape index (κ3) is 4.46. The van der Waals surface area contributed by atoms with Crippen molar-refractivity contribution in [3.8, 4) is 0 Å². The molecule has 0 saturated carbocycles. The molecule has 1 heterocycles. The molecule has 0 bridgehead atoms. The molecule has 1 aromatic carbocycles. The van der Waals surface area contributed by atoms with Gasteiger partial charge in [0.15, 0.2) is 0 Å². The summed E-state index contributed by atoms with van der Waals surface area (Å²) < 4.78 is 10.2. The highest BCUT2D eigenvalue weighted by atomic mass is 16.6. The van der Waals surface area contributed by atoms with Gasteiger partial charge < -0.3 is 20.1 Å². The summed E-state index contributed by atoms with van der Waals surface area (Å²) in [6.45, 7) is 3.11. The van der Waals surface area contributed by atoms with Gasteiger partial charge in [-0.1, -0.05) is 30.3 Å². The second kappa shape index (κ2) is 7.26. The number of rotatable bonds is 5. The van der Waals surface area contributed by atoms with Crippen LogP contribution in [0.5, 0.6) is 0 Å². The van der Waals surface area contributed by atoms with Gasteiger partial charge in [-0.25, -0.2) is 4.79 Å². The van der Waals surface area contributed by atoms with Gasteiger partial charge in [-0.3, -0.25) is 4.79 Å². The van der Waals surface area contributed by atoms with Crippen LogP contribution in [0.3, 0.4) is 0 Å². The Labute approximate surface area is 130 Å². The molecule has 6 heteroatoms. The number of nitrogens with zero attached hydrogens (tertiary/aromatic N) is 1. The Kier molecular flexibility index (Phi) is 5.38. The van der Waals surface area contributed by atoms with Gasteiger partial charge in [-0.05, 0) is 18.9 Å². The zero-order valence-corrected chi connectivity index (χ0v) is 12.8. The van der Waals surface area contributed by atoms with Gasteiger partial charge in [0.05, 0.1) is 13.0 Å². The zero-order chi connectivity index (χ0) is 16.0. The minimum absolute atomic E-state index is 0.114. The summed E-state index contributed by atoms with van der Waals surface area (Å²) in [4.78, 5) is 25.1. The Morgan fingerprint density at radius 1 is 1.27 bits per heavy atom. The van der Waals surface area contributed by atoms with Crippen molar-refractivity contribution < 1.29 is 19.1 Å². The maximum atomic E-state index is 12.0. The van der Waals surface area contributed by atoms with E-state index in [0.717, 1.165) is 5.56 Å². The predicted octanol–water partition coefficient (Wildman–Crippen LogP) is 1.68. The molecular formula is C16H22N2O4. The summed E-state index contributed by atoms with van der Waals surface area (Å²) in [6.07, 6.45) is 0.273. The van der Waals surface area contributed by atoms with E-state index in [9.17, 15) is 9.59 Å². The molecule has 0 aliphatic carbocycles. The van der Waals surface area contributed by atoms with Gasteiger partial charge in [-0.2, -0.15) is 0 Å². The molecule has 1 aliphatic heterocycles. The maximum absolute atomic E-state index is 12.0. The molecule has 1 saturated heterocycles. The predicted molar refractivity (Wildman–Crippen MR) is 81.0 cm³/mol. The smallest absolute Gasteiger partial charge is 0.410 e. The Morgan fingerprint density at radius 2 is 2.00 bits per heavy atom. The first-order chi connectivity index (χ1) is 10.5. The fourth-order valence-corrected chi connectivity index (χ4v) is 2.51. The van der Waals surface area contributed by atoms with Crippen molar-refractivity contribution in [1.29, 1.82) is 0 Å². The van der Waals surface area contributed by atoms with Crippen LogP contribution < -0.4 is 5.73 Å². The van der Waals surface area contributed by atoms with Crippen molar-refractivity contribution in [2.75, 3.05) is 19.7 Å². The molecule has 2 N–H and O–H groups in total. The summed E-state index contributed by atoms with van der Waals surface area (Å²) in [7, 11) is 0. The second-order valence-corrected chi connectivity index (χ2v) is 5.56. The monoisotopic (exact) mass is 306 g/mol. The minimum Gasteiger partial charge on any atom is -0.466 e. The van der Waals surface area contributed by atoms with E-state index in [-0.39, 0.29) is 19.0 Å². The van der Waals surface area contributed by atoms with Crippen LogP contribution in [0, 0.1) is 0 Å². The fraction of sp³-hybridized carbons (Fsp3) is 0.500. The Balaban J connectivity index is 1.81. The average Bonchev–Trinajstić information content (AvgIpc) is 2.88. The van der Waals surface area contributed by atoms with Crippen molar-refractivity contribution >= 4 is 12.1 Å². The molecule has 6 nitrogen and oxygen atoms in total. The Bertz CT molecular complexity index is 520. The molecule has 1 atom stereocenters. The summed E-state index contributed by atoms with van der Waals surface area (Å²) in [5.74, 6) is -0.329. The van der Waals surface area contributed by atoms with E-state index < -0.39 is 11.6 Å². The van der Waals surface area contributed by atoms with Crippen molar-refractivity contribution in [2.24, 2.45) is 5.73 Å². The van der Waals surface area contributed by atoms with Crippen molar-refractivity contribution in [3.05, 3.63) is 35.9 Å². The topological polar surface area (TPSA) is 81.9 Å². The van der Waals surface area contributed by atoms with Crippen molar-refractivity contribution in [2.45, 2.75) is 31.9 Å². The molecule has 0 radical (unpaired) electrons. The van der Waals surface area contributed by atoms with Gasteiger partial charge >= 0.3 is 12.1 Å². The fourth-order valence-electron chi connectivity index (χ4n) is 2.51. The number of carbonyl (C=O) groups excluding carboxylic acids is 2. The largest absolute Gasteiger partial charge is 0.466 e. The van der Waals surface area contributed by atoms with Crippen molar-refractivity contribution in [1.82, 2.24) is 4.90 Å². The number of esters is 1. The molecule has 1 aromatic rings. The Morgan fingerprint density at radius 3 is 2.68 bits per heavy atom. The van der Waals surface area contributed by atoms with Gasteiger partial charge in [-0.15, -0.1) is 0 Å². The first-order valence-corrected chi connectivity index (χ1v) is 7.42. The van der Waals surface area contributed by atoms with Gasteiger partial charge in [0.1, 0.15) is 6.61 Å². The third-order valence-corrected chi connectivity index (χ3v) is 3.65.